The van der Waals surface area contributed by atoms with E-state index in [1.54, 1.807) is 27.2 Å². The topological polar surface area (TPSA) is 128 Å². The van der Waals surface area contributed by atoms with Crippen LogP contribution in [0.25, 0.3) is 23.1 Å². The third kappa shape index (κ3) is 16.2. The maximum Gasteiger partial charge on any atom is 0.216 e. The second-order valence-electron chi connectivity index (χ2n) is 14.4. The Morgan fingerprint density at radius 1 is 0.803 bits per heavy atom. The molecule has 2 aliphatic rings. The van der Waals surface area contributed by atoms with Crippen molar-refractivity contribution in [2.75, 3.05) is 65.3 Å². The van der Waals surface area contributed by atoms with Crippen molar-refractivity contribution >= 4 is 70.6 Å². The first-order valence-electron chi connectivity index (χ1n) is 19.6. The summed E-state index contributed by atoms with van der Waals surface area (Å²) in [4.78, 5) is 44.3. The molecule has 2 atom stereocenters. The minimum atomic E-state index is -0.00704. The van der Waals surface area contributed by atoms with Gasteiger partial charge in [0.1, 0.15) is 17.8 Å². The quantitative estimate of drug-likeness (QED) is 0.117. The molecule has 0 spiro atoms. The smallest absolute Gasteiger partial charge is 0.216 e. The molecule has 1 aliphatic heterocycles. The lowest BCUT2D eigenvalue weighted by Crippen LogP contribution is -3.00. The van der Waals surface area contributed by atoms with Gasteiger partial charge < -0.3 is 47.3 Å². The molecule has 1 aliphatic carbocycles. The van der Waals surface area contributed by atoms with E-state index in [9.17, 15) is 14.4 Å². The Kier molecular flexibility index (Phi) is 22.0. The summed E-state index contributed by atoms with van der Waals surface area (Å²) in [5.74, 6) is 2.10. The molecular weight excluding hydrogens is 811 g/mol. The standard InChI is InChI=1S/C24H29N3O2.C13H16N2O2.C11H13NO.2ClH/c1-17(28)25-15-14-21-22-16-20(29-4)12-13-24(22)26-23(21)7-5-6-18-8-10-19(11-9-18)27(2)3;1-9(16)14-6-5-10-8-15-13-4-3-11(17-2)7-12(10)13;1-12(2)11-7-5-10(6-8-11)4-3-9-13;;/h5-13,16,21-22H,14-15H2,1-4H3,(H,25,28);3-4,7-8,15H,5-6H2,1-2H3,(H,14,16);3-9H,1-2H3;2*1H/p-1/b6-5+,23-7-;;4-3+;;. The predicted octanol–water partition coefficient (Wildman–Crippen LogP) is 5.21. The van der Waals surface area contributed by atoms with Crippen LogP contribution in [0.1, 0.15) is 37.0 Å². The van der Waals surface area contributed by atoms with Crippen molar-refractivity contribution in [2.45, 2.75) is 26.7 Å². The number of carbonyl (C=O) groups excluding carboxylic acids is 3. The molecule has 0 radical (unpaired) electrons. The van der Waals surface area contributed by atoms with Crippen molar-refractivity contribution in [1.29, 1.82) is 0 Å². The van der Waals surface area contributed by atoms with E-state index in [4.69, 9.17) is 14.5 Å². The maximum atomic E-state index is 11.3. The van der Waals surface area contributed by atoms with Gasteiger partial charge in [0.05, 0.1) is 14.2 Å². The Morgan fingerprint density at radius 2 is 1.39 bits per heavy atom. The van der Waals surface area contributed by atoms with E-state index in [0.29, 0.717) is 13.1 Å². The largest absolute Gasteiger partial charge is 1.00 e. The van der Waals surface area contributed by atoms with E-state index in [2.05, 4.69) is 69.1 Å². The number of nitrogens with one attached hydrogen (secondary N) is 3. The highest BCUT2D eigenvalue weighted by Crippen LogP contribution is 2.37. The number of ether oxygens (including phenoxy) is 2. The van der Waals surface area contributed by atoms with Gasteiger partial charge in [0.25, 0.3) is 0 Å². The zero-order valence-electron chi connectivity index (χ0n) is 36.3. The average Bonchev–Trinajstić information content (AvgIpc) is 3.80. The monoisotopic (exact) mass is 869 g/mol. The third-order valence-corrected chi connectivity index (χ3v) is 9.73. The first-order chi connectivity index (χ1) is 28.4. The van der Waals surface area contributed by atoms with Gasteiger partial charge in [-0.1, -0.05) is 42.5 Å². The number of nitrogens with zero attached hydrogens (tertiary/aromatic N) is 3. The summed E-state index contributed by atoms with van der Waals surface area (Å²) < 4.78 is 10.6. The minimum Gasteiger partial charge on any atom is -1.00 e. The summed E-state index contributed by atoms with van der Waals surface area (Å²) >= 11 is 0. The molecule has 0 bridgehead atoms. The molecular formula is C48H59Cl2N6O5-. The lowest BCUT2D eigenvalue weighted by molar-refractivity contribution is -0.119. The van der Waals surface area contributed by atoms with Gasteiger partial charge in [0.2, 0.25) is 11.8 Å². The number of aliphatic imine (C=N–C) groups is 1. The van der Waals surface area contributed by atoms with Gasteiger partial charge in [0.15, 0.2) is 0 Å². The number of aldehydes is 1. The molecule has 61 heavy (non-hydrogen) atoms. The number of hydrogen-bond acceptors (Lipinski definition) is 8. The van der Waals surface area contributed by atoms with Gasteiger partial charge in [-0.05, 0) is 102 Å². The molecule has 13 heteroatoms. The molecule has 1 aromatic heterocycles. The van der Waals surface area contributed by atoms with Crippen molar-refractivity contribution in [3.63, 3.8) is 0 Å². The van der Waals surface area contributed by atoms with E-state index in [0.717, 1.165) is 69.8 Å². The van der Waals surface area contributed by atoms with Gasteiger partial charge in [-0.3, -0.25) is 19.4 Å². The summed E-state index contributed by atoms with van der Waals surface area (Å²) in [5, 5.41) is 6.84. The second kappa shape index (κ2) is 26.2. The van der Waals surface area contributed by atoms with E-state index in [1.807, 2.05) is 93.9 Å². The number of rotatable bonds is 14. The third-order valence-electron chi connectivity index (χ3n) is 9.73. The summed E-state index contributed by atoms with van der Waals surface area (Å²) in [5.41, 5.74) is 8.88. The Balaban J connectivity index is 0.000000341. The fourth-order valence-electron chi connectivity index (χ4n) is 6.51. The molecule has 2 unspecified atom stereocenters. The van der Waals surface area contributed by atoms with Gasteiger partial charge in [0, 0.05) is 107 Å². The Labute approximate surface area is 373 Å². The van der Waals surface area contributed by atoms with Crippen LogP contribution in [-0.2, 0) is 25.5 Å². The molecule has 0 fully saturated rings. The first-order valence-corrected chi connectivity index (χ1v) is 19.6. The van der Waals surface area contributed by atoms with Crippen molar-refractivity contribution in [1.82, 2.24) is 15.6 Å². The van der Waals surface area contributed by atoms with Crippen LogP contribution in [0, 0.1) is 11.8 Å². The highest BCUT2D eigenvalue weighted by atomic mass is 35.5. The van der Waals surface area contributed by atoms with Crippen LogP contribution in [0.5, 0.6) is 5.75 Å². The van der Waals surface area contributed by atoms with Crippen molar-refractivity contribution in [3.05, 3.63) is 138 Å². The van der Waals surface area contributed by atoms with E-state index in [1.165, 1.54) is 24.3 Å². The fourth-order valence-corrected chi connectivity index (χ4v) is 6.51. The number of allylic oxidation sites excluding steroid dienone is 7. The highest BCUT2D eigenvalue weighted by molar-refractivity contribution is 6.02. The normalized spacial score (nSPS) is 15.4. The zero-order chi connectivity index (χ0) is 42.7. The van der Waals surface area contributed by atoms with Gasteiger partial charge in [-0.2, -0.15) is 0 Å². The Bertz CT molecular complexity index is 2200. The summed E-state index contributed by atoms with van der Waals surface area (Å²) in [6.07, 6.45) is 20.0. The Hall–Kier alpha value is -6.04. The zero-order valence-corrected chi connectivity index (χ0v) is 37.8. The summed E-state index contributed by atoms with van der Waals surface area (Å²) in [6.45, 7) is 4.36. The first kappa shape index (κ1) is 51.1. The van der Waals surface area contributed by atoms with Crippen LogP contribution >= 0.6 is 12.4 Å². The van der Waals surface area contributed by atoms with Crippen LogP contribution in [0.4, 0.5) is 11.4 Å². The number of methoxy groups -OCH3 is 2. The molecule has 2 amide bonds. The van der Waals surface area contributed by atoms with E-state index in [-0.39, 0.29) is 48.5 Å². The van der Waals surface area contributed by atoms with Crippen LogP contribution in [0.3, 0.4) is 0 Å². The number of anilines is 2. The number of H-pyrrole nitrogens is 1. The minimum absolute atomic E-state index is 0. The molecule has 6 rings (SSSR count). The van der Waals surface area contributed by atoms with Crippen LogP contribution in [-0.4, -0.2) is 84.3 Å². The number of amides is 2. The molecule has 11 nitrogen and oxygen atoms in total. The molecule has 0 saturated carbocycles. The van der Waals surface area contributed by atoms with E-state index >= 15 is 0 Å². The molecule has 0 saturated heterocycles. The molecule has 326 valence electrons. The number of fused-ring (bicyclic) bond motifs is 2. The van der Waals surface area contributed by atoms with Gasteiger partial charge in [-0.25, -0.2) is 0 Å². The van der Waals surface area contributed by atoms with Crippen LogP contribution in [0.2, 0.25) is 0 Å². The van der Waals surface area contributed by atoms with E-state index < -0.39 is 0 Å². The number of aromatic amines is 1. The molecule has 3 aromatic carbocycles. The number of hydrogen-bond donors (Lipinski definition) is 3. The molecule has 4 aromatic rings. The van der Waals surface area contributed by atoms with Crippen molar-refractivity contribution < 1.29 is 36.3 Å². The number of carbonyl (C=O) groups is 3. The maximum absolute atomic E-state index is 11.3. The number of benzene rings is 3. The van der Waals surface area contributed by atoms with Gasteiger partial charge >= 0.3 is 0 Å². The Morgan fingerprint density at radius 3 is 1.93 bits per heavy atom. The molecule has 3 N–H and O–H groups in total. The van der Waals surface area contributed by atoms with Gasteiger partial charge in [-0.15, -0.1) is 12.4 Å². The van der Waals surface area contributed by atoms with Crippen LogP contribution < -0.4 is 37.6 Å². The van der Waals surface area contributed by atoms with Crippen LogP contribution in [0.15, 0.2) is 126 Å². The average molecular weight is 871 g/mol. The SMILES string of the molecule is CN(C)c1ccc(/C=C/C=O)cc1.COC1=CC2C(=N/C(=C\C=C\c3ccc(N(C)C)cc3)C2CCNC(C)=O)C=C1.COc1ccc2[nH]cc(CCNC(C)=O)c2c1.Cl.[Cl-]. The summed E-state index contributed by atoms with van der Waals surface area (Å²) in [7, 11) is 11.4. The predicted molar refractivity (Wildman–Crippen MR) is 250 cm³/mol. The van der Waals surface area contributed by atoms with Crippen molar-refractivity contribution in [3.8, 4) is 5.75 Å². The summed E-state index contributed by atoms with van der Waals surface area (Å²) in [6, 6.07) is 22.4. The lowest BCUT2D eigenvalue weighted by atomic mass is 9.84. The fraction of sp³-hybridized carbons (Fsp3) is 0.292. The highest BCUT2D eigenvalue weighted by Gasteiger charge is 2.34. The number of aromatic nitrogens is 1. The molecule has 2 heterocycles. The second-order valence-corrected chi connectivity index (χ2v) is 14.4. The van der Waals surface area contributed by atoms with Crippen molar-refractivity contribution in [2.24, 2.45) is 16.8 Å². The lowest BCUT2D eigenvalue weighted by Gasteiger charge is -2.20. The number of halogens is 2.